The van der Waals surface area contributed by atoms with Crippen molar-refractivity contribution in [2.45, 2.75) is 31.3 Å². The maximum Gasteiger partial charge on any atom is 0.191 e. The van der Waals surface area contributed by atoms with Crippen molar-refractivity contribution >= 4 is 23.4 Å². The average Bonchev–Trinajstić information content (AvgIpc) is 2.87. The van der Waals surface area contributed by atoms with Crippen molar-refractivity contribution in [1.29, 1.82) is 0 Å². The molecular formula is C13H23N5S. The van der Waals surface area contributed by atoms with Crippen molar-refractivity contribution < 1.29 is 0 Å². The highest BCUT2D eigenvalue weighted by atomic mass is 32.2. The summed E-state index contributed by atoms with van der Waals surface area (Å²) in [5.41, 5.74) is 11.6. The fourth-order valence-corrected chi connectivity index (χ4v) is 3.14. The molecule has 1 atom stereocenters. The standard InChI is InChI=1S/C13H23N5S/c1-2-3-6-19-13-16-11(15)7-12(17-13)18-5-4-10(8-14)9-18/h7,10H,2-6,8-9,14H2,1H3,(H2,15,16,17)/t10-/m1/s1. The van der Waals surface area contributed by atoms with Crippen LogP contribution in [0, 0.1) is 5.92 Å². The highest BCUT2D eigenvalue weighted by molar-refractivity contribution is 7.99. The molecule has 6 heteroatoms. The summed E-state index contributed by atoms with van der Waals surface area (Å²) in [6, 6.07) is 1.86. The maximum atomic E-state index is 5.88. The van der Waals surface area contributed by atoms with Crippen molar-refractivity contribution in [3.63, 3.8) is 0 Å². The second-order valence-electron chi connectivity index (χ2n) is 4.97. The Hall–Kier alpha value is -1.01. The zero-order valence-corrected chi connectivity index (χ0v) is 12.3. The largest absolute Gasteiger partial charge is 0.383 e. The van der Waals surface area contributed by atoms with E-state index in [2.05, 4.69) is 21.8 Å². The van der Waals surface area contributed by atoms with Crippen LogP contribution >= 0.6 is 11.8 Å². The third-order valence-electron chi connectivity index (χ3n) is 3.38. The van der Waals surface area contributed by atoms with E-state index in [1.165, 1.54) is 12.8 Å². The summed E-state index contributed by atoms with van der Waals surface area (Å²) in [6.07, 6.45) is 3.50. The summed E-state index contributed by atoms with van der Waals surface area (Å²) in [5.74, 6) is 3.13. The van der Waals surface area contributed by atoms with Crippen molar-refractivity contribution in [3.8, 4) is 0 Å². The lowest BCUT2D eigenvalue weighted by Crippen LogP contribution is -2.23. The topological polar surface area (TPSA) is 81.1 Å². The molecule has 0 aliphatic carbocycles. The van der Waals surface area contributed by atoms with Gasteiger partial charge in [-0.05, 0) is 25.3 Å². The zero-order chi connectivity index (χ0) is 13.7. The smallest absolute Gasteiger partial charge is 0.191 e. The van der Waals surface area contributed by atoms with Gasteiger partial charge in [-0.3, -0.25) is 0 Å². The molecule has 0 amide bonds. The molecule has 0 saturated carbocycles. The number of unbranched alkanes of at least 4 members (excludes halogenated alkanes) is 1. The van der Waals surface area contributed by atoms with Crippen LogP contribution in [-0.2, 0) is 0 Å². The molecule has 0 bridgehead atoms. The number of aromatic nitrogens is 2. The summed E-state index contributed by atoms with van der Waals surface area (Å²) in [4.78, 5) is 11.2. The Morgan fingerprint density at radius 3 is 3.00 bits per heavy atom. The summed E-state index contributed by atoms with van der Waals surface area (Å²) in [7, 11) is 0. The average molecular weight is 281 g/mol. The fourth-order valence-electron chi connectivity index (χ4n) is 2.20. The maximum absolute atomic E-state index is 5.88. The summed E-state index contributed by atoms with van der Waals surface area (Å²) in [6.45, 7) is 4.92. The first kappa shape index (κ1) is 14.4. The van der Waals surface area contributed by atoms with Gasteiger partial charge < -0.3 is 16.4 Å². The van der Waals surface area contributed by atoms with E-state index in [0.717, 1.165) is 42.8 Å². The van der Waals surface area contributed by atoms with Crippen LogP contribution in [-0.4, -0.2) is 35.4 Å². The lowest BCUT2D eigenvalue weighted by atomic mass is 10.1. The predicted molar refractivity (Wildman–Crippen MR) is 81.5 cm³/mol. The molecule has 1 fully saturated rings. The number of hydrogen-bond acceptors (Lipinski definition) is 6. The van der Waals surface area contributed by atoms with Gasteiger partial charge in [0.15, 0.2) is 5.16 Å². The predicted octanol–water partition coefficient (Wildman–Crippen LogP) is 1.74. The number of thioether (sulfide) groups is 1. The zero-order valence-electron chi connectivity index (χ0n) is 11.5. The molecule has 106 valence electrons. The van der Waals surface area contributed by atoms with E-state index in [-0.39, 0.29) is 0 Å². The molecule has 5 nitrogen and oxygen atoms in total. The Balaban J connectivity index is 2.04. The van der Waals surface area contributed by atoms with E-state index in [0.29, 0.717) is 11.7 Å². The van der Waals surface area contributed by atoms with E-state index in [1.807, 2.05) is 6.07 Å². The van der Waals surface area contributed by atoms with Crippen LogP contribution in [0.15, 0.2) is 11.2 Å². The van der Waals surface area contributed by atoms with E-state index in [4.69, 9.17) is 11.5 Å². The molecule has 0 spiro atoms. The van der Waals surface area contributed by atoms with Gasteiger partial charge in [0.25, 0.3) is 0 Å². The van der Waals surface area contributed by atoms with E-state index in [9.17, 15) is 0 Å². The van der Waals surface area contributed by atoms with Crippen LogP contribution in [0.25, 0.3) is 0 Å². The first-order valence-electron chi connectivity index (χ1n) is 6.95. The molecule has 0 unspecified atom stereocenters. The quantitative estimate of drug-likeness (QED) is 0.469. The number of rotatable bonds is 6. The number of hydrogen-bond donors (Lipinski definition) is 2. The Labute approximate surface area is 119 Å². The van der Waals surface area contributed by atoms with E-state index in [1.54, 1.807) is 11.8 Å². The summed E-state index contributed by atoms with van der Waals surface area (Å²) < 4.78 is 0. The second kappa shape index (κ2) is 6.96. The van der Waals surface area contributed by atoms with E-state index >= 15 is 0 Å². The molecule has 1 aromatic rings. The van der Waals surface area contributed by atoms with Gasteiger partial charge in [0, 0.05) is 24.9 Å². The lowest BCUT2D eigenvalue weighted by Gasteiger charge is -2.18. The van der Waals surface area contributed by atoms with Gasteiger partial charge in [0.05, 0.1) is 0 Å². The summed E-state index contributed by atoms with van der Waals surface area (Å²) in [5, 5.41) is 0.791. The highest BCUT2D eigenvalue weighted by Crippen LogP contribution is 2.25. The van der Waals surface area contributed by atoms with Gasteiger partial charge in [-0.25, -0.2) is 9.97 Å². The molecular weight excluding hydrogens is 258 g/mol. The monoisotopic (exact) mass is 281 g/mol. The van der Waals surface area contributed by atoms with Gasteiger partial charge in [0.2, 0.25) is 0 Å². The minimum atomic E-state index is 0.556. The van der Waals surface area contributed by atoms with Gasteiger partial charge in [0.1, 0.15) is 11.6 Å². The Morgan fingerprint density at radius 2 is 2.32 bits per heavy atom. The van der Waals surface area contributed by atoms with Gasteiger partial charge in [-0.1, -0.05) is 25.1 Å². The van der Waals surface area contributed by atoms with Gasteiger partial charge >= 0.3 is 0 Å². The molecule has 1 aliphatic rings. The first-order chi connectivity index (χ1) is 9.22. The van der Waals surface area contributed by atoms with Crippen molar-refractivity contribution in [1.82, 2.24) is 9.97 Å². The number of nitrogens with two attached hydrogens (primary N) is 2. The lowest BCUT2D eigenvalue weighted by molar-refractivity contribution is 0.602. The molecule has 1 saturated heterocycles. The Kier molecular flexibility index (Phi) is 5.27. The molecule has 4 N–H and O–H groups in total. The van der Waals surface area contributed by atoms with Crippen LogP contribution in [0.1, 0.15) is 26.2 Å². The molecule has 2 rings (SSSR count). The minimum Gasteiger partial charge on any atom is -0.383 e. The number of nitrogens with zero attached hydrogens (tertiary/aromatic N) is 3. The van der Waals surface area contributed by atoms with Crippen LogP contribution in [0.5, 0.6) is 0 Å². The van der Waals surface area contributed by atoms with Gasteiger partial charge in [-0.15, -0.1) is 0 Å². The van der Waals surface area contributed by atoms with Crippen LogP contribution in [0.2, 0.25) is 0 Å². The Bertz CT molecular complexity index is 412. The van der Waals surface area contributed by atoms with Crippen molar-refractivity contribution in [3.05, 3.63) is 6.07 Å². The fraction of sp³-hybridized carbons (Fsp3) is 0.692. The second-order valence-corrected chi connectivity index (χ2v) is 6.03. The third kappa shape index (κ3) is 3.98. The van der Waals surface area contributed by atoms with Gasteiger partial charge in [-0.2, -0.15) is 0 Å². The van der Waals surface area contributed by atoms with Crippen molar-refractivity contribution in [2.24, 2.45) is 11.7 Å². The minimum absolute atomic E-state index is 0.556. The van der Waals surface area contributed by atoms with E-state index < -0.39 is 0 Å². The molecule has 2 heterocycles. The molecule has 19 heavy (non-hydrogen) atoms. The first-order valence-corrected chi connectivity index (χ1v) is 7.94. The van der Waals surface area contributed by atoms with Crippen LogP contribution in [0.4, 0.5) is 11.6 Å². The molecule has 1 aliphatic heterocycles. The number of nitrogen functional groups attached to an aromatic ring is 1. The molecule has 1 aromatic heterocycles. The van der Waals surface area contributed by atoms with Crippen LogP contribution < -0.4 is 16.4 Å². The normalized spacial score (nSPS) is 19.1. The SMILES string of the molecule is CCCCSc1nc(N)cc(N2CC[C@H](CN)C2)n1. The molecule has 0 aromatic carbocycles. The molecule has 0 radical (unpaired) electrons. The Morgan fingerprint density at radius 1 is 1.47 bits per heavy atom. The third-order valence-corrected chi connectivity index (χ3v) is 4.32. The summed E-state index contributed by atoms with van der Waals surface area (Å²) >= 11 is 1.69. The highest BCUT2D eigenvalue weighted by Gasteiger charge is 2.23. The van der Waals surface area contributed by atoms with Crippen molar-refractivity contribution in [2.75, 3.05) is 36.0 Å². The van der Waals surface area contributed by atoms with Crippen LogP contribution in [0.3, 0.4) is 0 Å². The number of anilines is 2.